The highest BCUT2D eigenvalue weighted by Crippen LogP contribution is 2.22. The molecule has 0 aliphatic heterocycles. The van der Waals surface area contributed by atoms with Gasteiger partial charge in [-0.3, -0.25) is 4.99 Å². The van der Waals surface area contributed by atoms with E-state index in [9.17, 15) is 0 Å². The second-order valence-corrected chi connectivity index (χ2v) is 7.78. The number of aromatic nitrogens is 1. The van der Waals surface area contributed by atoms with E-state index >= 15 is 0 Å². The van der Waals surface area contributed by atoms with Crippen molar-refractivity contribution in [2.24, 2.45) is 4.99 Å². The summed E-state index contributed by atoms with van der Waals surface area (Å²) in [6.45, 7) is 4.36. The van der Waals surface area contributed by atoms with Gasteiger partial charge in [0.05, 0.1) is 12.1 Å². The Morgan fingerprint density at radius 3 is 2.47 bits per heavy atom. The molecule has 2 N–H and O–H groups in total. The van der Waals surface area contributed by atoms with Crippen LogP contribution >= 0.6 is 0 Å². The number of pyridine rings is 1. The van der Waals surface area contributed by atoms with Gasteiger partial charge in [-0.1, -0.05) is 30.3 Å². The summed E-state index contributed by atoms with van der Waals surface area (Å²) in [6.07, 6.45) is 0. The van der Waals surface area contributed by atoms with Gasteiger partial charge in [0.15, 0.2) is 5.96 Å². The molecule has 0 bridgehead atoms. The number of ether oxygens (including phenoxy) is 2. The second-order valence-electron chi connectivity index (χ2n) is 7.78. The third-order valence-electron chi connectivity index (χ3n) is 5.13. The number of methoxy groups -OCH3 is 1. The van der Waals surface area contributed by atoms with Crippen molar-refractivity contribution in [2.75, 3.05) is 46.4 Å². The third kappa shape index (κ3) is 6.11. The number of hydrogen-bond donors (Lipinski definition) is 2. The van der Waals surface area contributed by atoms with E-state index in [1.807, 2.05) is 37.2 Å². The van der Waals surface area contributed by atoms with Crippen LogP contribution in [0, 0.1) is 6.92 Å². The normalized spacial score (nSPS) is 11.5. The number of para-hydroxylation sites is 1. The van der Waals surface area contributed by atoms with Gasteiger partial charge in [-0.25, -0.2) is 4.98 Å². The molecule has 7 heteroatoms. The zero-order chi connectivity index (χ0) is 22.9. The van der Waals surface area contributed by atoms with Gasteiger partial charge in [0.2, 0.25) is 0 Å². The fraction of sp³-hybridized carbons (Fsp3) is 0.360. The Morgan fingerprint density at radius 2 is 1.75 bits per heavy atom. The number of fused-ring (bicyclic) bond motifs is 1. The van der Waals surface area contributed by atoms with E-state index in [0.717, 1.165) is 39.6 Å². The molecule has 32 heavy (non-hydrogen) atoms. The van der Waals surface area contributed by atoms with Crippen molar-refractivity contribution in [1.82, 2.24) is 15.6 Å². The van der Waals surface area contributed by atoms with Crippen LogP contribution in [0.25, 0.3) is 10.9 Å². The monoisotopic (exact) mass is 435 g/mol. The number of guanidine groups is 1. The zero-order valence-electron chi connectivity index (χ0n) is 19.6. The van der Waals surface area contributed by atoms with Crippen molar-refractivity contribution in [3.63, 3.8) is 0 Å². The largest absolute Gasteiger partial charge is 0.491 e. The molecule has 0 unspecified atom stereocenters. The van der Waals surface area contributed by atoms with Crippen LogP contribution < -0.4 is 20.3 Å². The summed E-state index contributed by atoms with van der Waals surface area (Å²) < 4.78 is 11.0. The maximum Gasteiger partial charge on any atom is 0.191 e. The lowest BCUT2D eigenvalue weighted by Crippen LogP contribution is -2.36. The number of hydrogen-bond acceptors (Lipinski definition) is 5. The molecular formula is C25H33N5O2. The molecule has 0 aliphatic rings. The fourth-order valence-electron chi connectivity index (χ4n) is 3.36. The van der Waals surface area contributed by atoms with Crippen LogP contribution in [0.1, 0.15) is 16.7 Å². The van der Waals surface area contributed by atoms with Crippen molar-refractivity contribution in [2.45, 2.75) is 20.0 Å². The smallest absolute Gasteiger partial charge is 0.191 e. The highest BCUT2D eigenvalue weighted by molar-refractivity contribution is 5.85. The van der Waals surface area contributed by atoms with E-state index in [1.165, 1.54) is 5.56 Å². The van der Waals surface area contributed by atoms with Crippen molar-refractivity contribution in [3.05, 3.63) is 65.2 Å². The summed E-state index contributed by atoms with van der Waals surface area (Å²) in [5, 5.41) is 7.96. The molecule has 0 fully saturated rings. The lowest BCUT2D eigenvalue weighted by Gasteiger charge is -2.17. The maximum absolute atomic E-state index is 5.90. The fourth-order valence-corrected chi connectivity index (χ4v) is 3.36. The maximum atomic E-state index is 5.90. The Hall–Kier alpha value is -3.32. The van der Waals surface area contributed by atoms with Gasteiger partial charge in [-0.15, -0.1) is 0 Å². The van der Waals surface area contributed by atoms with Gasteiger partial charge in [0.1, 0.15) is 18.2 Å². The van der Waals surface area contributed by atoms with Crippen LogP contribution in [-0.2, 0) is 17.8 Å². The van der Waals surface area contributed by atoms with Crippen LogP contribution in [0.2, 0.25) is 0 Å². The van der Waals surface area contributed by atoms with E-state index in [1.54, 1.807) is 14.2 Å². The van der Waals surface area contributed by atoms with E-state index in [4.69, 9.17) is 14.5 Å². The molecule has 0 saturated carbocycles. The summed E-state index contributed by atoms with van der Waals surface area (Å²) in [7, 11) is 7.45. The van der Waals surface area contributed by atoms with E-state index in [-0.39, 0.29) is 0 Å². The summed E-state index contributed by atoms with van der Waals surface area (Å²) in [5.74, 6) is 2.52. The SMILES string of the molecule is CN=C(NCc1ccc(C)cc1OCCOC)NCc1cc(N(C)C)nc2ccccc12. The number of aliphatic imine (C=N–C) groups is 1. The van der Waals surface area contributed by atoms with Crippen molar-refractivity contribution < 1.29 is 9.47 Å². The summed E-state index contributed by atoms with van der Waals surface area (Å²) in [5.41, 5.74) is 4.38. The zero-order valence-corrected chi connectivity index (χ0v) is 19.6. The lowest BCUT2D eigenvalue weighted by molar-refractivity contribution is 0.145. The number of nitrogens with one attached hydrogen (secondary N) is 2. The number of benzene rings is 2. The van der Waals surface area contributed by atoms with Crippen LogP contribution in [0.3, 0.4) is 0 Å². The first-order chi connectivity index (χ1) is 15.5. The van der Waals surface area contributed by atoms with Gasteiger partial charge >= 0.3 is 0 Å². The predicted molar refractivity (Wildman–Crippen MR) is 132 cm³/mol. The van der Waals surface area contributed by atoms with Gasteiger partial charge < -0.3 is 25.0 Å². The highest BCUT2D eigenvalue weighted by Gasteiger charge is 2.09. The number of anilines is 1. The molecule has 3 rings (SSSR count). The molecule has 0 atom stereocenters. The predicted octanol–water partition coefficient (Wildman–Crippen LogP) is 3.50. The molecule has 0 spiro atoms. The number of rotatable bonds is 9. The summed E-state index contributed by atoms with van der Waals surface area (Å²) >= 11 is 0. The number of nitrogens with zero attached hydrogens (tertiary/aromatic N) is 3. The van der Waals surface area contributed by atoms with Crippen LogP contribution in [0.5, 0.6) is 5.75 Å². The average Bonchev–Trinajstić information content (AvgIpc) is 2.80. The molecular weight excluding hydrogens is 402 g/mol. The molecule has 0 radical (unpaired) electrons. The first-order valence-corrected chi connectivity index (χ1v) is 10.7. The van der Waals surface area contributed by atoms with E-state index in [2.05, 4.69) is 52.9 Å². The molecule has 170 valence electrons. The van der Waals surface area contributed by atoms with Gasteiger partial charge in [-0.05, 0) is 36.2 Å². The van der Waals surface area contributed by atoms with Gasteiger partial charge in [0, 0.05) is 52.3 Å². The Labute approximate surface area is 190 Å². The van der Waals surface area contributed by atoms with Gasteiger partial charge in [0.25, 0.3) is 0 Å². The molecule has 2 aromatic carbocycles. The van der Waals surface area contributed by atoms with E-state index < -0.39 is 0 Å². The summed E-state index contributed by atoms with van der Waals surface area (Å²) in [4.78, 5) is 11.1. The molecule has 7 nitrogen and oxygen atoms in total. The van der Waals surface area contributed by atoms with Crippen molar-refractivity contribution in [1.29, 1.82) is 0 Å². The minimum atomic E-state index is 0.517. The standard InChI is InChI=1S/C25H33N5O2/c1-18-10-11-19(23(14-18)32-13-12-31-5)16-27-25(26-2)28-17-20-15-24(30(3)4)29-22-9-7-6-8-21(20)22/h6-11,14-15H,12-13,16-17H2,1-5H3,(H2,26,27,28). The Bertz CT molecular complexity index is 1070. The van der Waals surface area contributed by atoms with Crippen LogP contribution in [0.15, 0.2) is 53.5 Å². The second kappa shape index (κ2) is 11.3. The molecule has 0 aliphatic carbocycles. The molecule has 1 heterocycles. The molecule has 0 saturated heterocycles. The first-order valence-electron chi connectivity index (χ1n) is 10.7. The molecule has 1 aromatic heterocycles. The lowest BCUT2D eigenvalue weighted by atomic mass is 10.1. The Morgan fingerprint density at radius 1 is 1.00 bits per heavy atom. The van der Waals surface area contributed by atoms with Gasteiger partial charge in [-0.2, -0.15) is 0 Å². The quantitative estimate of drug-likeness (QED) is 0.305. The molecule has 3 aromatic rings. The number of aryl methyl sites for hydroxylation is 1. The Kier molecular flexibility index (Phi) is 8.27. The summed E-state index contributed by atoms with van der Waals surface area (Å²) in [6, 6.07) is 16.5. The third-order valence-corrected chi connectivity index (χ3v) is 5.13. The minimum Gasteiger partial charge on any atom is -0.491 e. The van der Waals surface area contributed by atoms with Crippen LogP contribution in [-0.4, -0.2) is 52.4 Å². The Balaban J connectivity index is 1.69. The first kappa shape index (κ1) is 23.3. The van der Waals surface area contributed by atoms with Crippen molar-refractivity contribution >= 4 is 22.7 Å². The van der Waals surface area contributed by atoms with Crippen molar-refractivity contribution in [3.8, 4) is 5.75 Å². The molecule has 0 amide bonds. The highest BCUT2D eigenvalue weighted by atomic mass is 16.5. The topological polar surface area (TPSA) is 71.0 Å². The average molecular weight is 436 g/mol. The minimum absolute atomic E-state index is 0.517. The van der Waals surface area contributed by atoms with E-state index in [0.29, 0.717) is 26.3 Å². The van der Waals surface area contributed by atoms with Crippen LogP contribution in [0.4, 0.5) is 5.82 Å².